The van der Waals surface area contributed by atoms with Gasteiger partial charge in [-0.2, -0.15) is 0 Å². The molecule has 2 aromatic rings. The normalized spacial score (nSPS) is 11.5. The second-order valence-electron chi connectivity index (χ2n) is 6.13. The number of rotatable bonds is 8. The van der Waals surface area contributed by atoms with Gasteiger partial charge in [0, 0.05) is 30.1 Å². The van der Waals surface area contributed by atoms with E-state index in [0.29, 0.717) is 12.2 Å². The number of hydrogen-bond acceptors (Lipinski definition) is 4. The molecule has 138 valence electrons. The van der Waals surface area contributed by atoms with Gasteiger partial charge < -0.3 is 20.7 Å². The van der Waals surface area contributed by atoms with Crippen LogP contribution in [0.4, 0.5) is 11.4 Å². The fraction of sp³-hybridized carbons (Fsp3) is 0.300. The first-order chi connectivity index (χ1) is 12.5. The third-order valence-electron chi connectivity index (χ3n) is 3.79. The molecule has 1 atom stereocenters. The lowest BCUT2D eigenvalue weighted by atomic mass is 10.1. The maximum Gasteiger partial charge on any atom is 0.255 e. The summed E-state index contributed by atoms with van der Waals surface area (Å²) in [5.41, 5.74) is 2.97. The van der Waals surface area contributed by atoms with E-state index in [4.69, 9.17) is 4.74 Å². The Hall–Kier alpha value is -2.86. The van der Waals surface area contributed by atoms with Crippen molar-refractivity contribution in [1.82, 2.24) is 5.32 Å². The Morgan fingerprint density at radius 1 is 1.12 bits per heavy atom. The van der Waals surface area contributed by atoms with Crippen LogP contribution in [0.1, 0.15) is 22.8 Å². The predicted molar refractivity (Wildman–Crippen MR) is 104 cm³/mol. The van der Waals surface area contributed by atoms with E-state index in [9.17, 15) is 9.59 Å². The molecular weight excluding hydrogens is 330 g/mol. The number of carbonyl (C=O) groups excluding carboxylic acids is 2. The van der Waals surface area contributed by atoms with Crippen LogP contribution >= 0.6 is 0 Å². The van der Waals surface area contributed by atoms with Crippen LogP contribution in [0.2, 0.25) is 0 Å². The van der Waals surface area contributed by atoms with Crippen molar-refractivity contribution >= 4 is 23.2 Å². The van der Waals surface area contributed by atoms with E-state index in [0.717, 1.165) is 16.9 Å². The van der Waals surface area contributed by atoms with Gasteiger partial charge in [-0.25, -0.2) is 0 Å². The zero-order valence-electron chi connectivity index (χ0n) is 15.3. The number of para-hydroxylation sites is 1. The summed E-state index contributed by atoms with van der Waals surface area (Å²) in [6.45, 7) is 4.38. The number of aryl methyl sites for hydroxylation is 1. The Kier molecular flexibility index (Phi) is 7.17. The van der Waals surface area contributed by atoms with Crippen molar-refractivity contribution in [3.63, 3.8) is 0 Å². The van der Waals surface area contributed by atoms with E-state index in [1.165, 1.54) is 0 Å². The average Bonchev–Trinajstić information content (AvgIpc) is 2.62. The molecule has 0 fully saturated rings. The number of benzene rings is 2. The monoisotopic (exact) mass is 355 g/mol. The molecule has 0 aromatic heterocycles. The van der Waals surface area contributed by atoms with E-state index in [1.807, 2.05) is 50.2 Å². The molecule has 3 N–H and O–H groups in total. The highest BCUT2D eigenvalue weighted by atomic mass is 16.5. The lowest BCUT2D eigenvalue weighted by Gasteiger charge is -2.15. The first kappa shape index (κ1) is 19.5. The third-order valence-corrected chi connectivity index (χ3v) is 3.79. The molecule has 1 unspecified atom stereocenters. The summed E-state index contributed by atoms with van der Waals surface area (Å²) in [6.07, 6.45) is 0. The summed E-state index contributed by atoms with van der Waals surface area (Å²) in [7, 11) is 1.59. The van der Waals surface area contributed by atoms with E-state index in [2.05, 4.69) is 16.0 Å². The summed E-state index contributed by atoms with van der Waals surface area (Å²) in [6, 6.07) is 14.6. The van der Waals surface area contributed by atoms with Crippen LogP contribution in [-0.2, 0) is 9.53 Å². The summed E-state index contributed by atoms with van der Waals surface area (Å²) in [4.78, 5) is 24.4. The number of amides is 2. The predicted octanol–water partition coefficient (Wildman–Crippen LogP) is 2.81. The zero-order valence-corrected chi connectivity index (χ0v) is 15.3. The van der Waals surface area contributed by atoms with Gasteiger partial charge in [-0.05, 0) is 43.7 Å². The fourth-order valence-electron chi connectivity index (χ4n) is 2.47. The molecule has 0 aliphatic rings. The van der Waals surface area contributed by atoms with Crippen molar-refractivity contribution in [2.24, 2.45) is 0 Å². The van der Waals surface area contributed by atoms with Gasteiger partial charge in [0.25, 0.3) is 5.91 Å². The number of hydrogen-bond donors (Lipinski definition) is 3. The fourth-order valence-corrected chi connectivity index (χ4v) is 2.47. The lowest BCUT2D eigenvalue weighted by molar-refractivity contribution is -0.120. The van der Waals surface area contributed by atoms with Gasteiger partial charge in [0.2, 0.25) is 5.91 Å². The van der Waals surface area contributed by atoms with Crippen LogP contribution in [0.25, 0.3) is 0 Å². The Morgan fingerprint density at radius 3 is 2.54 bits per heavy atom. The van der Waals surface area contributed by atoms with Crippen molar-refractivity contribution in [2.75, 3.05) is 30.9 Å². The Bertz CT molecular complexity index is 747. The molecule has 0 aliphatic carbocycles. The molecule has 0 bridgehead atoms. The van der Waals surface area contributed by atoms with Gasteiger partial charge in [-0.3, -0.25) is 9.59 Å². The Labute approximate surface area is 153 Å². The molecule has 0 radical (unpaired) electrons. The summed E-state index contributed by atoms with van der Waals surface area (Å²) >= 11 is 0. The minimum atomic E-state index is -0.197. The summed E-state index contributed by atoms with van der Waals surface area (Å²) in [5, 5.41) is 8.77. The standard InChI is InChI=1S/C20H25N3O3/c1-14-9-10-16(20(25)23-17-7-5-4-6-8-17)11-18(14)21-12-19(24)22-15(2)13-26-3/h4-11,15,21H,12-13H2,1-3H3,(H,22,24)(H,23,25). The van der Waals surface area contributed by atoms with E-state index in [-0.39, 0.29) is 24.4 Å². The highest BCUT2D eigenvalue weighted by Crippen LogP contribution is 2.18. The van der Waals surface area contributed by atoms with Gasteiger partial charge in [0.15, 0.2) is 0 Å². The summed E-state index contributed by atoms with van der Waals surface area (Å²) in [5.74, 6) is -0.328. The molecular formula is C20H25N3O3. The molecule has 0 heterocycles. The Balaban J connectivity index is 1.98. The van der Waals surface area contributed by atoms with Crippen molar-refractivity contribution in [1.29, 1.82) is 0 Å². The summed E-state index contributed by atoms with van der Waals surface area (Å²) < 4.78 is 5.00. The quantitative estimate of drug-likeness (QED) is 0.680. The van der Waals surface area contributed by atoms with E-state index >= 15 is 0 Å². The number of nitrogens with one attached hydrogen (secondary N) is 3. The van der Waals surface area contributed by atoms with Gasteiger partial charge in [-0.1, -0.05) is 24.3 Å². The maximum atomic E-state index is 12.4. The van der Waals surface area contributed by atoms with Crippen LogP contribution in [-0.4, -0.2) is 38.1 Å². The second kappa shape index (κ2) is 9.58. The second-order valence-corrected chi connectivity index (χ2v) is 6.13. The lowest BCUT2D eigenvalue weighted by Crippen LogP contribution is -2.39. The SMILES string of the molecule is COCC(C)NC(=O)CNc1cc(C(=O)Nc2ccccc2)ccc1C. The van der Waals surface area contributed by atoms with Gasteiger partial charge in [0.1, 0.15) is 0 Å². The van der Waals surface area contributed by atoms with Crippen molar-refractivity contribution in [3.05, 3.63) is 59.7 Å². The average molecular weight is 355 g/mol. The van der Waals surface area contributed by atoms with Gasteiger partial charge in [-0.15, -0.1) is 0 Å². The van der Waals surface area contributed by atoms with Crippen LogP contribution in [0, 0.1) is 6.92 Å². The molecule has 0 saturated heterocycles. The minimum absolute atomic E-state index is 0.0571. The Morgan fingerprint density at radius 2 is 1.85 bits per heavy atom. The van der Waals surface area contributed by atoms with Crippen LogP contribution < -0.4 is 16.0 Å². The van der Waals surface area contributed by atoms with E-state index < -0.39 is 0 Å². The van der Waals surface area contributed by atoms with Crippen LogP contribution in [0.3, 0.4) is 0 Å². The van der Waals surface area contributed by atoms with Crippen LogP contribution in [0.15, 0.2) is 48.5 Å². The molecule has 0 saturated carbocycles. The highest BCUT2D eigenvalue weighted by molar-refractivity contribution is 6.05. The molecule has 26 heavy (non-hydrogen) atoms. The van der Waals surface area contributed by atoms with E-state index in [1.54, 1.807) is 19.2 Å². The molecule has 2 rings (SSSR count). The first-order valence-corrected chi connectivity index (χ1v) is 8.49. The minimum Gasteiger partial charge on any atom is -0.383 e. The zero-order chi connectivity index (χ0) is 18.9. The smallest absolute Gasteiger partial charge is 0.255 e. The molecule has 2 aromatic carbocycles. The molecule has 6 heteroatoms. The topological polar surface area (TPSA) is 79.5 Å². The number of carbonyl (C=O) groups is 2. The third kappa shape index (κ3) is 5.89. The highest BCUT2D eigenvalue weighted by Gasteiger charge is 2.11. The number of anilines is 2. The maximum absolute atomic E-state index is 12.4. The van der Waals surface area contributed by atoms with Gasteiger partial charge in [0.05, 0.1) is 13.2 Å². The van der Waals surface area contributed by atoms with Crippen LogP contribution in [0.5, 0.6) is 0 Å². The van der Waals surface area contributed by atoms with Crippen molar-refractivity contribution in [3.8, 4) is 0 Å². The number of ether oxygens (including phenoxy) is 1. The van der Waals surface area contributed by atoms with Crippen molar-refractivity contribution in [2.45, 2.75) is 19.9 Å². The molecule has 0 aliphatic heterocycles. The molecule has 6 nitrogen and oxygen atoms in total. The number of methoxy groups -OCH3 is 1. The molecule has 2 amide bonds. The largest absolute Gasteiger partial charge is 0.383 e. The van der Waals surface area contributed by atoms with Gasteiger partial charge >= 0.3 is 0 Å². The van der Waals surface area contributed by atoms with Crippen molar-refractivity contribution < 1.29 is 14.3 Å². The molecule has 0 spiro atoms. The first-order valence-electron chi connectivity index (χ1n) is 8.49.